The first kappa shape index (κ1) is 11.9. The van der Waals surface area contributed by atoms with Gasteiger partial charge in [0.1, 0.15) is 0 Å². The van der Waals surface area contributed by atoms with Crippen LogP contribution in [0.25, 0.3) is 0 Å². The second-order valence-electron chi connectivity index (χ2n) is 3.08. The average molecular weight is 175 g/mol. The number of hydrogen-bond donors (Lipinski definition) is 2. The van der Waals surface area contributed by atoms with Crippen molar-refractivity contribution in [2.45, 2.75) is 32.8 Å². The molecule has 0 aromatic heterocycles. The lowest BCUT2D eigenvalue weighted by atomic mass is 10.3. The molecule has 0 aliphatic rings. The summed E-state index contributed by atoms with van der Waals surface area (Å²) in [6, 6.07) is 0. The Balaban J connectivity index is 3.51. The topological polar surface area (TPSA) is 43.7 Å². The molecule has 3 heteroatoms. The van der Waals surface area contributed by atoms with Gasteiger partial charge in [0.15, 0.2) is 0 Å². The number of unbranched alkanes of at least 4 members (excludes halogenated alkanes) is 1. The quantitative estimate of drug-likeness (QED) is 0.591. The molecule has 0 saturated heterocycles. The molecule has 0 aromatic rings. The highest BCUT2D eigenvalue weighted by Crippen LogP contribution is 1.96. The normalized spacial score (nSPS) is 13.8. The van der Waals surface area contributed by atoms with Crippen molar-refractivity contribution < 1.29 is 10.2 Å². The molecule has 74 valence electrons. The Morgan fingerprint density at radius 2 is 2.00 bits per heavy atom. The van der Waals surface area contributed by atoms with E-state index >= 15 is 0 Å². The van der Waals surface area contributed by atoms with Gasteiger partial charge in [0.25, 0.3) is 0 Å². The van der Waals surface area contributed by atoms with E-state index in [1.807, 2.05) is 0 Å². The van der Waals surface area contributed by atoms with Crippen molar-refractivity contribution in [3.63, 3.8) is 0 Å². The molecule has 2 N–H and O–H groups in total. The maximum absolute atomic E-state index is 9.17. The van der Waals surface area contributed by atoms with Gasteiger partial charge in [0, 0.05) is 6.54 Å². The van der Waals surface area contributed by atoms with Gasteiger partial charge in [-0.25, -0.2) is 0 Å². The van der Waals surface area contributed by atoms with Gasteiger partial charge >= 0.3 is 0 Å². The Kier molecular flexibility index (Phi) is 7.45. The average Bonchev–Trinajstić information content (AvgIpc) is 2.11. The summed E-state index contributed by atoms with van der Waals surface area (Å²) in [5, 5.41) is 17.8. The van der Waals surface area contributed by atoms with Gasteiger partial charge in [-0.2, -0.15) is 0 Å². The van der Waals surface area contributed by atoms with Crippen molar-refractivity contribution in [1.29, 1.82) is 0 Å². The number of hydrogen-bond acceptors (Lipinski definition) is 3. The molecule has 0 spiro atoms. The van der Waals surface area contributed by atoms with Crippen LogP contribution in [0.1, 0.15) is 26.7 Å². The number of rotatable bonds is 7. The van der Waals surface area contributed by atoms with Crippen LogP contribution >= 0.6 is 0 Å². The Morgan fingerprint density at radius 3 is 2.42 bits per heavy atom. The van der Waals surface area contributed by atoms with Crippen LogP contribution in [0.15, 0.2) is 0 Å². The summed E-state index contributed by atoms with van der Waals surface area (Å²) in [5.74, 6) is 0. The van der Waals surface area contributed by atoms with Crippen molar-refractivity contribution in [2.75, 3.05) is 26.2 Å². The Bertz CT molecular complexity index is 98.5. The van der Waals surface area contributed by atoms with Gasteiger partial charge < -0.3 is 15.1 Å². The second kappa shape index (κ2) is 7.53. The third kappa shape index (κ3) is 5.52. The molecule has 1 atom stereocenters. The van der Waals surface area contributed by atoms with Crippen molar-refractivity contribution >= 4 is 0 Å². The van der Waals surface area contributed by atoms with Crippen LogP contribution in [0.4, 0.5) is 0 Å². The molecule has 0 aromatic carbocycles. The summed E-state index contributed by atoms with van der Waals surface area (Å²) in [6.07, 6.45) is 1.75. The van der Waals surface area contributed by atoms with E-state index in [0.29, 0.717) is 6.54 Å². The van der Waals surface area contributed by atoms with E-state index in [-0.39, 0.29) is 6.61 Å². The Morgan fingerprint density at radius 1 is 1.33 bits per heavy atom. The van der Waals surface area contributed by atoms with E-state index in [1.54, 1.807) is 0 Å². The molecule has 0 radical (unpaired) electrons. The summed E-state index contributed by atoms with van der Waals surface area (Å²) in [7, 11) is 0. The van der Waals surface area contributed by atoms with E-state index in [0.717, 1.165) is 19.5 Å². The lowest BCUT2D eigenvalue weighted by Gasteiger charge is -2.22. The molecule has 0 aliphatic carbocycles. The van der Waals surface area contributed by atoms with Gasteiger partial charge in [-0.1, -0.05) is 20.3 Å². The third-order valence-corrected chi connectivity index (χ3v) is 1.95. The zero-order valence-electron chi connectivity index (χ0n) is 8.16. The first-order chi connectivity index (χ1) is 5.74. The van der Waals surface area contributed by atoms with Crippen LogP contribution in [0, 0.1) is 0 Å². The van der Waals surface area contributed by atoms with Crippen molar-refractivity contribution in [2.24, 2.45) is 0 Å². The minimum Gasteiger partial charge on any atom is -0.394 e. The van der Waals surface area contributed by atoms with Crippen LogP contribution in [0.5, 0.6) is 0 Å². The van der Waals surface area contributed by atoms with E-state index in [1.165, 1.54) is 6.42 Å². The van der Waals surface area contributed by atoms with E-state index < -0.39 is 6.10 Å². The molecular weight excluding hydrogens is 154 g/mol. The van der Waals surface area contributed by atoms with Crippen LogP contribution in [0.2, 0.25) is 0 Å². The zero-order valence-corrected chi connectivity index (χ0v) is 8.16. The lowest BCUT2D eigenvalue weighted by Crippen LogP contribution is -2.34. The third-order valence-electron chi connectivity index (χ3n) is 1.95. The molecule has 0 bridgehead atoms. The van der Waals surface area contributed by atoms with Gasteiger partial charge in [0.05, 0.1) is 12.7 Å². The van der Waals surface area contributed by atoms with Crippen LogP contribution < -0.4 is 0 Å². The van der Waals surface area contributed by atoms with Gasteiger partial charge in [-0.05, 0) is 19.5 Å². The SMILES string of the molecule is CCCCN(CC)CC(O)CO. The molecule has 0 aliphatic heterocycles. The molecule has 0 heterocycles. The lowest BCUT2D eigenvalue weighted by molar-refractivity contribution is 0.0603. The molecule has 0 saturated carbocycles. The molecule has 3 nitrogen and oxygen atoms in total. The first-order valence-corrected chi connectivity index (χ1v) is 4.75. The highest BCUT2D eigenvalue weighted by Gasteiger charge is 2.07. The molecule has 0 rings (SSSR count). The highest BCUT2D eigenvalue weighted by atomic mass is 16.3. The number of nitrogens with zero attached hydrogens (tertiary/aromatic N) is 1. The van der Waals surface area contributed by atoms with Gasteiger partial charge in [0.2, 0.25) is 0 Å². The highest BCUT2D eigenvalue weighted by molar-refractivity contribution is 4.61. The summed E-state index contributed by atoms with van der Waals surface area (Å²) < 4.78 is 0. The summed E-state index contributed by atoms with van der Waals surface area (Å²) >= 11 is 0. The molecule has 0 amide bonds. The largest absolute Gasteiger partial charge is 0.394 e. The smallest absolute Gasteiger partial charge is 0.0897 e. The van der Waals surface area contributed by atoms with Crippen molar-refractivity contribution in [3.8, 4) is 0 Å². The molecular formula is C9H21NO2. The maximum Gasteiger partial charge on any atom is 0.0897 e. The molecule has 12 heavy (non-hydrogen) atoms. The van der Waals surface area contributed by atoms with Crippen molar-refractivity contribution in [3.05, 3.63) is 0 Å². The summed E-state index contributed by atoms with van der Waals surface area (Å²) in [4.78, 5) is 2.16. The van der Waals surface area contributed by atoms with Crippen LogP contribution in [0.3, 0.4) is 0 Å². The fraction of sp³-hybridized carbons (Fsp3) is 1.00. The minimum absolute atomic E-state index is 0.136. The zero-order chi connectivity index (χ0) is 9.40. The predicted molar refractivity (Wildman–Crippen MR) is 50.1 cm³/mol. The fourth-order valence-electron chi connectivity index (χ4n) is 1.12. The van der Waals surface area contributed by atoms with E-state index in [4.69, 9.17) is 10.2 Å². The maximum atomic E-state index is 9.17. The number of likely N-dealkylation sites (N-methyl/N-ethyl adjacent to an activating group) is 1. The predicted octanol–water partition coefficient (Wildman–Crippen LogP) is 0.462. The fourth-order valence-corrected chi connectivity index (χ4v) is 1.12. The van der Waals surface area contributed by atoms with Gasteiger partial charge in [-0.15, -0.1) is 0 Å². The number of aliphatic hydroxyl groups is 2. The minimum atomic E-state index is -0.582. The van der Waals surface area contributed by atoms with E-state index in [2.05, 4.69) is 18.7 Å². The Hall–Kier alpha value is -0.120. The standard InChI is InChI=1S/C9H21NO2/c1-3-5-6-10(4-2)7-9(12)8-11/h9,11-12H,3-8H2,1-2H3. The second-order valence-corrected chi connectivity index (χ2v) is 3.08. The summed E-state index contributed by atoms with van der Waals surface area (Å²) in [5.41, 5.74) is 0. The Labute approximate surface area is 75.0 Å². The monoisotopic (exact) mass is 175 g/mol. The number of aliphatic hydroxyl groups excluding tert-OH is 2. The van der Waals surface area contributed by atoms with Crippen LogP contribution in [-0.4, -0.2) is 47.5 Å². The first-order valence-electron chi connectivity index (χ1n) is 4.75. The van der Waals surface area contributed by atoms with Crippen molar-refractivity contribution in [1.82, 2.24) is 4.90 Å². The molecule has 1 unspecified atom stereocenters. The summed E-state index contributed by atoms with van der Waals surface area (Å²) in [6.45, 7) is 6.63. The van der Waals surface area contributed by atoms with Gasteiger partial charge in [-0.3, -0.25) is 0 Å². The van der Waals surface area contributed by atoms with E-state index in [9.17, 15) is 0 Å². The molecule has 0 fully saturated rings. The van der Waals surface area contributed by atoms with Crippen LogP contribution in [-0.2, 0) is 0 Å².